The van der Waals surface area contributed by atoms with E-state index in [2.05, 4.69) is 55.2 Å². The maximum absolute atomic E-state index is 11.7. The molecule has 0 bridgehead atoms. The fourth-order valence-corrected chi connectivity index (χ4v) is 8.92. The van der Waals surface area contributed by atoms with Crippen LogP contribution in [0, 0.1) is 29.6 Å². The number of thiol groups is 1. The molecule has 0 radical (unpaired) electrons. The van der Waals surface area contributed by atoms with Gasteiger partial charge in [-0.25, -0.2) is 9.97 Å². The number of rotatable bonds is 41. The molecule has 0 saturated heterocycles. The molecule has 0 amide bonds. The van der Waals surface area contributed by atoms with Gasteiger partial charge in [0.1, 0.15) is 44.8 Å². The molecule has 0 saturated carbocycles. The third kappa shape index (κ3) is 56.6. The molecule has 0 atom stereocenters. The molecule has 0 aliphatic heterocycles. The molecule has 0 N–H and O–H groups in total. The lowest BCUT2D eigenvalue weighted by Crippen LogP contribution is -2.11. The van der Waals surface area contributed by atoms with Crippen LogP contribution in [0.4, 0.5) is 0 Å². The highest BCUT2D eigenvalue weighted by atomic mass is 127. The van der Waals surface area contributed by atoms with Gasteiger partial charge in [-0.2, -0.15) is 12.6 Å². The first-order valence-electron chi connectivity index (χ1n) is 26.0. The summed E-state index contributed by atoms with van der Waals surface area (Å²) in [6, 6.07) is 11.7. The monoisotopic (exact) mass is 1270 g/mol. The maximum atomic E-state index is 11.7. The van der Waals surface area contributed by atoms with E-state index in [0.29, 0.717) is 117 Å². The van der Waals surface area contributed by atoms with Crippen molar-refractivity contribution in [2.45, 2.75) is 131 Å². The first-order chi connectivity index (χ1) is 36.3. The minimum absolute atomic E-state index is 0.0701. The summed E-state index contributed by atoms with van der Waals surface area (Å²) in [5, 5.41) is 5.27. The number of aromatic nitrogens is 2. The number of hydrogen-bond acceptors (Lipinski definition) is 19. The summed E-state index contributed by atoms with van der Waals surface area (Å²) >= 11 is 6.22. The molecule has 22 heteroatoms. The second-order valence-electron chi connectivity index (χ2n) is 17.8. The highest BCUT2D eigenvalue weighted by Crippen LogP contribution is 2.30. The molecule has 0 aromatic carbocycles. The lowest BCUT2D eigenvalue weighted by atomic mass is 10.1. The number of carbonyl (C=O) groups excluding carboxylic acids is 6. The number of alkyl halides is 1. The van der Waals surface area contributed by atoms with E-state index in [-0.39, 0.29) is 58.5 Å². The molecule has 0 spiro atoms. The van der Waals surface area contributed by atoms with Gasteiger partial charge in [-0.05, 0) is 57.8 Å². The molecule has 16 nitrogen and oxygen atoms in total. The van der Waals surface area contributed by atoms with Crippen LogP contribution in [0.1, 0.15) is 121 Å². The number of hydrogen-bond donors (Lipinski definition) is 1. The Hall–Kier alpha value is -2.09. The number of ketones is 6. The van der Waals surface area contributed by atoms with E-state index in [1.807, 2.05) is 106 Å². The molecule has 0 unspecified atom stereocenters. The van der Waals surface area contributed by atoms with Gasteiger partial charge in [0.15, 0.2) is 0 Å². The minimum Gasteiger partial charge on any atom is -0.381 e. The van der Waals surface area contributed by atoms with Crippen molar-refractivity contribution >= 4 is 113 Å². The Balaban J connectivity index is -0.000000907. The number of halogens is 1. The molecule has 2 aromatic heterocycles. The van der Waals surface area contributed by atoms with Crippen LogP contribution < -0.4 is 0 Å². The summed E-state index contributed by atoms with van der Waals surface area (Å²) in [7, 11) is 6.62. The highest BCUT2D eigenvalue weighted by molar-refractivity contribution is 14.1. The fraction of sp³-hybridized carbons (Fsp3) is 0.704. The summed E-state index contributed by atoms with van der Waals surface area (Å²) in [6.07, 6.45) is 7.94. The molecule has 0 aliphatic rings. The van der Waals surface area contributed by atoms with Gasteiger partial charge in [-0.1, -0.05) is 131 Å². The first-order valence-corrected chi connectivity index (χ1v) is 32.8. The van der Waals surface area contributed by atoms with Crippen LogP contribution in [-0.2, 0) is 52.5 Å². The predicted molar refractivity (Wildman–Crippen MR) is 327 cm³/mol. The van der Waals surface area contributed by atoms with E-state index in [0.717, 1.165) is 44.8 Å². The zero-order chi connectivity index (χ0) is 57.6. The standard InChI is InChI=1S/C17H25NO3S2.C13H19NO2S2.C8H15IO2.C8H15N3O2.C8H16O2S/c1-14(2)16(20)8-12-21-11-5-6-15(19)9-13-22-23-17-7-3-4-10-18-17;1-11(2)12(15)6-8-16-9-10-17-18-13-5-3-4-7-14-13;1-7(2)8(10)3-5-11-6-4-9;1-7(2)8(12)3-5-13-6-4-10-11-9;1-7(2)8(9)3-4-10-5-6-11/h3-4,7,10,14H,5-6,8-9,11-13H2,1-2H3;3-5,7,11H,6,8-10H2,1-2H3;7H,3-6H2,1-2H3;7H,3-6H2,1-2H3;7,11H,3-6H2,1-2H3. The smallest absolute Gasteiger partial charge is 0.137 e. The largest absolute Gasteiger partial charge is 0.381 e. The third-order valence-electron chi connectivity index (χ3n) is 9.62. The number of Topliss-reactive ketones (excluding diaryl/α,β-unsaturated/α-hetero) is 6. The number of azide groups is 1. The van der Waals surface area contributed by atoms with Crippen LogP contribution in [0.3, 0.4) is 0 Å². The number of carbonyl (C=O) groups is 6. The molecular formula is C54H90IN5O11S5. The Morgan fingerprint density at radius 1 is 0.526 bits per heavy atom. The van der Waals surface area contributed by atoms with E-state index in [1.165, 1.54) is 0 Å². The van der Waals surface area contributed by atoms with E-state index in [1.54, 1.807) is 55.6 Å². The summed E-state index contributed by atoms with van der Waals surface area (Å²) < 4.78 is 27.2. The Morgan fingerprint density at radius 2 is 0.908 bits per heavy atom. The van der Waals surface area contributed by atoms with Crippen LogP contribution in [-0.4, -0.2) is 139 Å². The zero-order valence-electron chi connectivity index (χ0n) is 47.0. The molecule has 76 heavy (non-hydrogen) atoms. The topological polar surface area (TPSA) is 223 Å². The normalized spacial score (nSPS) is 10.6. The third-order valence-corrected chi connectivity index (χ3v) is 14.7. The number of ether oxygens (including phenoxy) is 5. The molecule has 2 aromatic rings. The maximum Gasteiger partial charge on any atom is 0.137 e. The summed E-state index contributed by atoms with van der Waals surface area (Å²) in [4.78, 5) is 78.5. The van der Waals surface area contributed by atoms with Gasteiger partial charge in [-0.15, -0.1) is 0 Å². The van der Waals surface area contributed by atoms with Crippen molar-refractivity contribution in [3.8, 4) is 0 Å². The molecule has 0 fully saturated rings. The van der Waals surface area contributed by atoms with Crippen LogP contribution in [0.2, 0.25) is 0 Å². The van der Waals surface area contributed by atoms with Crippen LogP contribution in [0.15, 0.2) is 64.0 Å². The molecular weight excluding hydrogens is 1180 g/mol. The van der Waals surface area contributed by atoms with Gasteiger partial charge in [0.25, 0.3) is 0 Å². The summed E-state index contributed by atoms with van der Waals surface area (Å²) in [6.45, 7) is 24.8. The van der Waals surface area contributed by atoms with Gasteiger partial charge in [-0.3, -0.25) is 28.8 Å². The Bertz CT molecular complexity index is 1770. The molecule has 434 valence electrons. The Morgan fingerprint density at radius 3 is 1.28 bits per heavy atom. The van der Waals surface area contributed by atoms with Crippen LogP contribution >= 0.6 is 78.4 Å². The van der Waals surface area contributed by atoms with Crippen LogP contribution in [0.25, 0.3) is 10.4 Å². The molecule has 2 heterocycles. The fourth-order valence-electron chi connectivity index (χ4n) is 4.83. The van der Waals surface area contributed by atoms with Crippen LogP contribution in [0.5, 0.6) is 0 Å². The minimum atomic E-state index is 0.0701. The quantitative estimate of drug-likeness (QED) is 0.00955. The number of nitrogens with zero attached hydrogens (tertiary/aromatic N) is 5. The lowest BCUT2D eigenvalue weighted by Gasteiger charge is -2.05. The summed E-state index contributed by atoms with van der Waals surface area (Å²) in [5.41, 5.74) is 7.93. The molecule has 2 rings (SSSR count). The van der Waals surface area contributed by atoms with E-state index in [9.17, 15) is 28.8 Å². The summed E-state index contributed by atoms with van der Waals surface area (Å²) in [5.74, 6) is 4.47. The van der Waals surface area contributed by atoms with E-state index in [4.69, 9.17) is 29.2 Å². The molecule has 0 aliphatic carbocycles. The van der Waals surface area contributed by atoms with Gasteiger partial charge < -0.3 is 23.7 Å². The van der Waals surface area contributed by atoms with Crippen molar-refractivity contribution in [2.24, 2.45) is 34.7 Å². The number of pyridine rings is 2. The van der Waals surface area contributed by atoms with Crippen molar-refractivity contribution in [2.75, 3.05) is 94.3 Å². The average molecular weight is 1270 g/mol. The van der Waals surface area contributed by atoms with Gasteiger partial charge in [0, 0.05) is 127 Å². The van der Waals surface area contributed by atoms with E-state index < -0.39 is 0 Å². The van der Waals surface area contributed by atoms with Crippen molar-refractivity contribution in [3.05, 3.63) is 59.2 Å². The average Bonchev–Trinajstić information content (AvgIpc) is 3.40. The van der Waals surface area contributed by atoms with Gasteiger partial charge in [0.2, 0.25) is 0 Å². The zero-order valence-corrected chi connectivity index (χ0v) is 53.3. The highest BCUT2D eigenvalue weighted by Gasteiger charge is 2.10. The van der Waals surface area contributed by atoms with Gasteiger partial charge >= 0.3 is 0 Å². The van der Waals surface area contributed by atoms with Gasteiger partial charge in [0.05, 0.1) is 59.5 Å². The first kappa shape index (κ1) is 78.1. The van der Waals surface area contributed by atoms with E-state index >= 15 is 0 Å². The Kier molecular flexibility index (Phi) is 59.2. The van der Waals surface area contributed by atoms with Crippen molar-refractivity contribution in [1.29, 1.82) is 0 Å². The SMILES string of the molecule is CC(C)C(=O)CCOCCCC(=O)CCSSc1ccccn1.CC(C)C(=O)CCOCCI.CC(C)C(=O)CCOCCN=[N+]=[N-].CC(C)C(=O)CCOCCS.CC(C)C(=O)CCOCCSSc1ccccn1. The van der Waals surface area contributed by atoms with Crippen molar-refractivity contribution < 1.29 is 52.5 Å². The second-order valence-corrected chi connectivity index (χ2v) is 24.2. The van der Waals surface area contributed by atoms with Crippen molar-refractivity contribution in [1.82, 2.24) is 9.97 Å². The van der Waals surface area contributed by atoms with Crippen molar-refractivity contribution in [3.63, 3.8) is 0 Å². The predicted octanol–water partition coefficient (Wildman–Crippen LogP) is 13.2. The lowest BCUT2D eigenvalue weighted by molar-refractivity contribution is -0.123. The Labute approximate surface area is 490 Å². The second kappa shape index (κ2) is 57.6.